The zero-order valence-corrected chi connectivity index (χ0v) is 7.35. The molecule has 0 rings (SSSR count). The Morgan fingerprint density at radius 1 is 1.45 bits per heavy atom. The normalized spacial score (nSPS) is 9.55. The number of hydrogen-bond acceptors (Lipinski definition) is 3. The van der Waals surface area contributed by atoms with E-state index in [0.29, 0.717) is 6.42 Å². The molecule has 64 valence electrons. The summed E-state index contributed by atoms with van der Waals surface area (Å²) >= 11 is 0. The van der Waals surface area contributed by atoms with E-state index in [1.54, 1.807) is 0 Å². The number of hydrogen-bond donors (Lipinski definition) is 1. The van der Waals surface area contributed by atoms with E-state index in [0.717, 1.165) is 25.8 Å². The average Bonchev–Trinajstić information content (AvgIpc) is 2.04. The number of esters is 1. The van der Waals surface area contributed by atoms with Gasteiger partial charge in [-0.25, -0.2) is 0 Å². The molecule has 0 amide bonds. The van der Waals surface area contributed by atoms with Crippen molar-refractivity contribution in [2.75, 3.05) is 13.7 Å². The highest BCUT2D eigenvalue weighted by Crippen LogP contribution is 1.99. The van der Waals surface area contributed by atoms with Gasteiger partial charge < -0.3 is 9.96 Å². The second-order valence-corrected chi connectivity index (χ2v) is 2.49. The molecule has 0 aliphatic carbocycles. The zero-order valence-electron chi connectivity index (χ0n) is 7.35. The summed E-state index contributed by atoms with van der Waals surface area (Å²) in [5.74, 6) is -0.102. The molecule has 0 unspecified atom stereocenters. The van der Waals surface area contributed by atoms with E-state index in [9.17, 15) is 4.79 Å². The number of nitrogens with one attached hydrogen (secondary N) is 1. The Morgan fingerprint density at radius 3 is 2.73 bits per heavy atom. The predicted octanol–water partition coefficient (Wildman–Crippen LogP) is -0.143. The monoisotopic (exact) mass is 157 g/mol. The van der Waals surface area contributed by atoms with Gasteiger partial charge in [0, 0.05) is 6.42 Å². The molecule has 0 spiro atoms. The standard InChI is InChI=1S/C7H16BNO2/c1-11-7(10)5-3-2-4-6-9-8/h9H,2-6,8H2,1H3. The zero-order chi connectivity index (χ0) is 8.53. The van der Waals surface area contributed by atoms with Crippen molar-refractivity contribution in [2.45, 2.75) is 25.7 Å². The van der Waals surface area contributed by atoms with Crippen molar-refractivity contribution in [1.82, 2.24) is 5.23 Å². The van der Waals surface area contributed by atoms with Crippen molar-refractivity contribution < 1.29 is 9.53 Å². The van der Waals surface area contributed by atoms with Crippen LogP contribution >= 0.6 is 0 Å². The maximum absolute atomic E-state index is 10.6. The van der Waals surface area contributed by atoms with E-state index in [4.69, 9.17) is 0 Å². The van der Waals surface area contributed by atoms with Gasteiger partial charge in [-0.15, -0.1) is 0 Å². The second kappa shape index (κ2) is 7.60. The highest BCUT2D eigenvalue weighted by molar-refractivity contribution is 6.04. The van der Waals surface area contributed by atoms with Gasteiger partial charge in [-0.3, -0.25) is 4.79 Å². The first-order valence-electron chi connectivity index (χ1n) is 4.02. The Kier molecular flexibility index (Phi) is 7.25. The summed E-state index contributed by atoms with van der Waals surface area (Å²) in [6.45, 7) is 1.03. The second-order valence-electron chi connectivity index (χ2n) is 2.49. The summed E-state index contributed by atoms with van der Waals surface area (Å²) in [5.41, 5.74) is 0. The third kappa shape index (κ3) is 7.39. The van der Waals surface area contributed by atoms with Crippen LogP contribution in [0.3, 0.4) is 0 Å². The molecule has 0 radical (unpaired) electrons. The summed E-state index contributed by atoms with van der Waals surface area (Å²) in [6.07, 6.45) is 3.72. The molecule has 0 heterocycles. The Labute approximate surface area is 68.9 Å². The highest BCUT2D eigenvalue weighted by Gasteiger charge is 1.97. The van der Waals surface area contributed by atoms with Crippen LogP contribution in [0.1, 0.15) is 25.7 Å². The van der Waals surface area contributed by atoms with Crippen LogP contribution < -0.4 is 5.23 Å². The van der Waals surface area contributed by atoms with Gasteiger partial charge in [0.1, 0.15) is 0 Å². The van der Waals surface area contributed by atoms with Gasteiger partial charge in [0.25, 0.3) is 0 Å². The molecule has 11 heavy (non-hydrogen) atoms. The maximum Gasteiger partial charge on any atom is 0.305 e. The molecule has 0 fully saturated rings. The first-order valence-corrected chi connectivity index (χ1v) is 4.02. The lowest BCUT2D eigenvalue weighted by atomic mass is 10.2. The minimum atomic E-state index is -0.102. The first-order chi connectivity index (χ1) is 5.31. The van der Waals surface area contributed by atoms with E-state index < -0.39 is 0 Å². The van der Waals surface area contributed by atoms with E-state index in [1.165, 1.54) is 7.11 Å². The van der Waals surface area contributed by atoms with Crippen molar-refractivity contribution in [3.8, 4) is 0 Å². The van der Waals surface area contributed by atoms with Crippen LogP contribution in [0, 0.1) is 0 Å². The van der Waals surface area contributed by atoms with Crippen LogP contribution in [-0.4, -0.2) is 27.6 Å². The fraction of sp³-hybridized carbons (Fsp3) is 0.857. The summed E-state index contributed by atoms with van der Waals surface area (Å²) in [6, 6.07) is 0. The topological polar surface area (TPSA) is 38.3 Å². The minimum Gasteiger partial charge on any atom is -0.469 e. The fourth-order valence-electron chi connectivity index (χ4n) is 0.850. The fourth-order valence-corrected chi connectivity index (χ4v) is 0.850. The van der Waals surface area contributed by atoms with Crippen molar-refractivity contribution >= 4 is 14.0 Å². The van der Waals surface area contributed by atoms with Crippen LogP contribution in [0.25, 0.3) is 0 Å². The van der Waals surface area contributed by atoms with Gasteiger partial charge in [0.2, 0.25) is 0 Å². The van der Waals surface area contributed by atoms with Gasteiger partial charge >= 0.3 is 5.97 Å². The van der Waals surface area contributed by atoms with E-state index in [2.05, 4.69) is 9.96 Å². The molecule has 0 aromatic carbocycles. The Balaban J connectivity index is 2.95. The van der Waals surface area contributed by atoms with Gasteiger partial charge in [0.15, 0.2) is 7.98 Å². The molecule has 0 saturated carbocycles. The summed E-state index contributed by atoms with van der Waals surface area (Å²) < 4.78 is 4.50. The molecular formula is C7H16BNO2. The van der Waals surface area contributed by atoms with Crippen LogP contribution in [-0.2, 0) is 9.53 Å². The third-order valence-corrected chi connectivity index (χ3v) is 1.54. The van der Waals surface area contributed by atoms with Crippen LogP contribution in [0.4, 0.5) is 0 Å². The predicted molar refractivity (Wildman–Crippen MR) is 47.0 cm³/mol. The largest absolute Gasteiger partial charge is 0.469 e. The molecule has 4 heteroatoms. The number of ether oxygens (including phenoxy) is 1. The van der Waals surface area contributed by atoms with Gasteiger partial charge in [-0.1, -0.05) is 6.42 Å². The minimum absolute atomic E-state index is 0.102. The number of rotatable bonds is 6. The lowest BCUT2D eigenvalue weighted by Crippen LogP contribution is -2.09. The lowest BCUT2D eigenvalue weighted by Gasteiger charge is -1.99. The number of unbranched alkanes of at least 4 members (excludes halogenated alkanes) is 2. The number of methoxy groups -OCH3 is 1. The molecule has 0 aliphatic heterocycles. The maximum atomic E-state index is 10.6. The van der Waals surface area contributed by atoms with Gasteiger partial charge in [0.05, 0.1) is 7.11 Å². The van der Waals surface area contributed by atoms with E-state index in [-0.39, 0.29) is 5.97 Å². The van der Waals surface area contributed by atoms with Gasteiger partial charge in [-0.05, 0) is 19.4 Å². The van der Waals surface area contributed by atoms with Crippen LogP contribution in [0.15, 0.2) is 0 Å². The molecule has 0 aromatic heterocycles. The smallest absolute Gasteiger partial charge is 0.305 e. The summed E-state index contributed by atoms with van der Waals surface area (Å²) in [4.78, 5) is 10.6. The van der Waals surface area contributed by atoms with Crippen LogP contribution in [0.2, 0.25) is 0 Å². The first kappa shape index (κ1) is 10.5. The highest BCUT2D eigenvalue weighted by atomic mass is 16.5. The molecule has 0 atom stereocenters. The number of carbonyl (C=O) groups is 1. The molecule has 0 aliphatic rings. The summed E-state index contributed by atoms with van der Waals surface area (Å²) in [5, 5.41) is 3.05. The van der Waals surface area contributed by atoms with Crippen LogP contribution in [0.5, 0.6) is 0 Å². The quantitative estimate of drug-likeness (QED) is 0.331. The van der Waals surface area contributed by atoms with Crippen molar-refractivity contribution in [3.63, 3.8) is 0 Å². The molecule has 0 aromatic rings. The van der Waals surface area contributed by atoms with Crippen molar-refractivity contribution in [1.29, 1.82) is 0 Å². The molecule has 1 N–H and O–H groups in total. The van der Waals surface area contributed by atoms with E-state index >= 15 is 0 Å². The Hall–Kier alpha value is -0.505. The van der Waals surface area contributed by atoms with E-state index in [1.807, 2.05) is 7.98 Å². The molecule has 0 saturated heterocycles. The summed E-state index contributed by atoms with van der Waals surface area (Å²) in [7, 11) is 3.36. The molecule has 0 bridgehead atoms. The molecular weight excluding hydrogens is 141 g/mol. The Morgan fingerprint density at radius 2 is 2.18 bits per heavy atom. The van der Waals surface area contributed by atoms with Crippen molar-refractivity contribution in [2.24, 2.45) is 0 Å². The third-order valence-electron chi connectivity index (χ3n) is 1.54. The lowest BCUT2D eigenvalue weighted by molar-refractivity contribution is -0.140. The number of carbonyl (C=O) groups excluding carboxylic acids is 1. The Bertz CT molecular complexity index is 109. The SMILES string of the molecule is BNCCCCCC(=O)OC. The van der Waals surface area contributed by atoms with Gasteiger partial charge in [-0.2, -0.15) is 0 Å². The molecule has 3 nitrogen and oxygen atoms in total. The average molecular weight is 157 g/mol. The van der Waals surface area contributed by atoms with Crippen molar-refractivity contribution in [3.05, 3.63) is 0 Å².